The number of anilines is 1. The predicted molar refractivity (Wildman–Crippen MR) is 118 cm³/mol. The van der Waals surface area contributed by atoms with E-state index in [2.05, 4.69) is 9.80 Å². The highest BCUT2D eigenvalue weighted by molar-refractivity contribution is 6.33. The third-order valence-electron chi connectivity index (χ3n) is 6.94. The van der Waals surface area contributed by atoms with Crippen LogP contribution in [0.15, 0.2) is 12.1 Å². The van der Waals surface area contributed by atoms with Crippen LogP contribution in [0.1, 0.15) is 36.8 Å². The summed E-state index contributed by atoms with van der Waals surface area (Å²) in [6.07, 6.45) is -0.381. The van der Waals surface area contributed by atoms with Crippen LogP contribution in [0.5, 0.6) is 0 Å². The van der Waals surface area contributed by atoms with Crippen molar-refractivity contribution in [2.45, 2.75) is 56.4 Å². The lowest BCUT2D eigenvalue weighted by Gasteiger charge is -2.43. The van der Waals surface area contributed by atoms with E-state index in [-0.39, 0.29) is 22.9 Å². The summed E-state index contributed by atoms with van der Waals surface area (Å²) in [6.45, 7) is 5.52. The van der Waals surface area contributed by atoms with Gasteiger partial charge in [-0.25, -0.2) is 0 Å². The molecule has 0 radical (unpaired) electrons. The number of amides is 1. The minimum atomic E-state index is -4.64. The fourth-order valence-corrected chi connectivity index (χ4v) is 5.17. The second-order valence-corrected chi connectivity index (χ2v) is 9.56. The first-order valence-corrected chi connectivity index (χ1v) is 11.6. The van der Waals surface area contributed by atoms with Crippen molar-refractivity contribution in [2.75, 3.05) is 45.0 Å². The fraction of sp³-hybridized carbons (Fsp3) is 0.682. The van der Waals surface area contributed by atoms with Crippen molar-refractivity contribution in [1.82, 2.24) is 14.7 Å². The Bertz CT molecular complexity index is 832. The fourth-order valence-electron chi connectivity index (χ4n) is 4.93. The van der Waals surface area contributed by atoms with Gasteiger partial charge in [-0.05, 0) is 49.8 Å². The molecule has 32 heavy (non-hydrogen) atoms. The smallest absolute Gasteiger partial charge is 0.418 e. The Morgan fingerprint density at radius 3 is 2.06 bits per heavy atom. The van der Waals surface area contributed by atoms with E-state index < -0.39 is 23.5 Å². The van der Waals surface area contributed by atoms with Gasteiger partial charge in [0.1, 0.15) is 0 Å². The average Bonchev–Trinajstić information content (AvgIpc) is 3.60. The number of benzene rings is 1. The standard InChI is InChI=1S/C22H30ClF3N5O/c23-18-12-14(11-17(20(18)28)22(24,25)26)13-19(27)21(32)31-5-3-16(4-6-31)30-9-7-29(8-10-30)15-1-2-15/h11-12,15-16,19,27H,1-10,13,28H2/q-1/t19-/m1/s1. The summed E-state index contributed by atoms with van der Waals surface area (Å²) in [4.78, 5) is 19.6. The largest absolute Gasteiger partial charge is 0.667 e. The van der Waals surface area contributed by atoms with Gasteiger partial charge < -0.3 is 16.4 Å². The van der Waals surface area contributed by atoms with Gasteiger partial charge in [0, 0.05) is 51.4 Å². The van der Waals surface area contributed by atoms with Crippen molar-refractivity contribution in [3.63, 3.8) is 0 Å². The summed E-state index contributed by atoms with van der Waals surface area (Å²) in [6, 6.07) is 2.29. The number of carbonyl (C=O) groups is 1. The number of nitrogens with one attached hydrogen (secondary N) is 1. The van der Waals surface area contributed by atoms with Gasteiger partial charge in [-0.1, -0.05) is 17.6 Å². The molecule has 2 aliphatic heterocycles. The number of rotatable bonds is 5. The molecule has 2 heterocycles. The van der Waals surface area contributed by atoms with E-state index in [9.17, 15) is 18.0 Å². The first-order valence-electron chi connectivity index (χ1n) is 11.3. The monoisotopic (exact) mass is 472 g/mol. The maximum Gasteiger partial charge on any atom is 0.418 e. The normalized spacial score (nSPS) is 22.8. The molecule has 1 atom stereocenters. The molecule has 6 nitrogen and oxygen atoms in total. The third-order valence-corrected chi connectivity index (χ3v) is 7.25. The summed E-state index contributed by atoms with van der Waals surface area (Å²) in [5.74, 6) is -0.344. The zero-order chi connectivity index (χ0) is 23.0. The number of hydrogen-bond donors (Lipinski definition) is 1. The predicted octanol–water partition coefficient (Wildman–Crippen LogP) is 3.68. The zero-order valence-electron chi connectivity index (χ0n) is 18.0. The van der Waals surface area contributed by atoms with Crippen molar-refractivity contribution in [1.29, 1.82) is 0 Å². The number of piperidine rings is 1. The molecule has 1 aromatic carbocycles. The first-order chi connectivity index (χ1) is 15.1. The zero-order valence-corrected chi connectivity index (χ0v) is 18.8. The molecule has 1 saturated carbocycles. The van der Waals surface area contributed by atoms with Crippen LogP contribution < -0.4 is 5.73 Å². The van der Waals surface area contributed by atoms with E-state index in [1.54, 1.807) is 4.90 Å². The van der Waals surface area contributed by atoms with Gasteiger partial charge in [0.2, 0.25) is 5.91 Å². The molecule has 3 aliphatic rings. The maximum atomic E-state index is 13.2. The molecule has 0 unspecified atom stereocenters. The van der Waals surface area contributed by atoms with Gasteiger partial charge in [-0.2, -0.15) is 13.2 Å². The highest BCUT2D eigenvalue weighted by Crippen LogP contribution is 2.38. The Labute approximate surface area is 191 Å². The third kappa shape index (κ3) is 5.32. The van der Waals surface area contributed by atoms with E-state index in [0.29, 0.717) is 19.1 Å². The van der Waals surface area contributed by atoms with Crippen molar-refractivity contribution in [3.8, 4) is 0 Å². The van der Waals surface area contributed by atoms with Gasteiger partial charge >= 0.3 is 6.18 Å². The Morgan fingerprint density at radius 2 is 1.56 bits per heavy atom. The molecular formula is C22H30ClF3N5O-. The summed E-state index contributed by atoms with van der Waals surface area (Å²) in [7, 11) is 0. The molecular weight excluding hydrogens is 443 g/mol. The van der Waals surface area contributed by atoms with Gasteiger partial charge in [-0.3, -0.25) is 14.6 Å². The number of carbonyl (C=O) groups excluding carboxylic acids is 1. The molecule has 0 bridgehead atoms. The molecule has 178 valence electrons. The summed E-state index contributed by atoms with van der Waals surface area (Å²) in [5.41, 5.74) is 12.3. The summed E-state index contributed by atoms with van der Waals surface area (Å²) < 4.78 is 39.5. The molecule has 1 aromatic rings. The molecule has 0 aromatic heterocycles. The van der Waals surface area contributed by atoms with Gasteiger partial charge in [0.05, 0.1) is 16.3 Å². The molecule has 3 fully saturated rings. The quantitative estimate of drug-likeness (QED) is 0.663. The van der Waals surface area contributed by atoms with E-state index in [0.717, 1.165) is 51.1 Å². The second-order valence-electron chi connectivity index (χ2n) is 9.15. The number of likely N-dealkylation sites (tertiary alicyclic amines) is 1. The Balaban J connectivity index is 1.29. The lowest BCUT2D eigenvalue weighted by molar-refractivity contribution is -0.137. The van der Waals surface area contributed by atoms with E-state index in [1.807, 2.05) is 0 Å². The minimum Gasteiger partial charge on any atom is -0.667 e. The van der Waals surface area contributed by atoms with Crippen molar-refractivity contribution in [2.24, 2.45) is 0 Å². The van der Waals surface area contributed by atoms with Crippen LogP contribution in [-0.4, -0.2) is 78.0 Å². The first kappa shape index (κ1) is 23.6. The van der Waals surface area contributed by atoms with Crippen LogP contribution in [0, 0.1) is 0 Å². The molecule has 3 N–H and O–H groups in total. The van der Waals surface area contributed by atoms with E-state index >= 15 is 0 Å². The van der Waals surface area contributed by atoms with E-state index in [1.165, 1.54) is 18.9 Å². The highest BCUT2D eigenvalue weighted by atomic mass is 35.5. The molecule has 10 heteroatoms. The number of nitrogens with zero attached hydrogens (tertiary/aromatic N) is 3. The van der Waals surface area contributed by atoms with Crippen molar-refractivity contribution in [3.05, 3.63) is 34.0 Å². The Morgan fingerprint density at radius 1 is 1.03 bits per heavy atom. The lowest BCUT2D eigenvalue weighted by Crippen LogP contribution is -2.54. The van der Waals surface area contributed by atoms with Gasteiger partial charge in [0.15, 0.2) is 0 Å². The van der Waals surface area contributed by atoms with Crippen LogP contribution >= 0.6 is 11.6 Å². The van der Waals surface area contributed by atoms with Crippen LogP contribution in [0.25, 0.3) is 5.73 Å². The van der Waals surface area contributed by atoms with Crippen LogP contribution in [0.3, 0.4) is 0 Å². The maximum absolute atomic E-state index is 13.2. The Hall–Kier alpha value is -1.55. The summed E-state index contributed by atoms with van der Waals surface area (Å²) in [5, 5.41) is -0.211. The minimum absolute atomic E-state index is 0.134. The average molecular weight is 473 g/mol. The number of alkyl halides is 3. The van der Waals surface area contributed by atoms with Gasteiger partial charge in [0.25, 0.3) is 0 Å². The van der Waals surface area contributed by atoms with Crippen LogP contribution in [-0.2, 0) is 17.4 Å². The number of hydrogen-bond acceptors (Lipinski definition) is 4. The number of halogens is 4. The summed E-state index contributed by atoms with van der Waals surface area (Å²) >= 11 is 5.87. The number of nitrogens with two attached hydrogens (primary N) is 1. The van der Waals surface area contributed by atoms with Crippen LogP contribution in [0.2, 0.25) is 5.02 Å². The highest BCUT2D eigenvalue weighted by Gasteiger charge is 2.35. The van der Waals surface area contributed by atoms with Crippen LogP contribution in [0.4, 0.5) is 18.9 Å². The molecule has 0 spiro atoms. The topological polar surface area (TPSA) is 76.6 Å². The SMILES string of the molecule is [NH-][C@H](Cc1cc(Cl)c(N)c(C(F)(F)F)c1)C(=O)N1CCC(N2CCN(C3CC3)CC2)CC1. The molecule has 1 aliphatic carbocycles. The molecule has 1 amide bonds. The van der Waals surface area contributed by atoms with Crippen molar-refractivity contribution >= 4 is 23.2 Å². The Kier molecular flexibility index (Phi) is 6.91. The molecule has 4 rings (SSSR count). The van der Waals surface area contributed by atoms with Gasteiger partial charge in [-0.15, -0.1) is 0 Å². The number of nitrogen functional groups attached to an aromatic ring is 1. The van der Waals surface area contributed by atoms with E-state index in [4.69, 9.17) is 23.1 Å². The number of piperazine rings is 1. The van der Waals surface area contributed by atoms with Crippen molar-refractivity contribution < 1.29 is 18.0 Å². The lowest BCUT2D eigenvalue weighted by atomic mass is 9.99. The molecule has 2 saturated heterocycles. The second kappa shape index (κ2) is 9.37.